The number of likely N-dealkylation sites (tertiary alicyclic amines) is 1. The van der Waals surface area contributed by atoms with E-state index in [9.17, 15) is 18.8 Å². The SMILES string of the molecule is CS1(CCCCC(=O)OCOC(=O)/C=C2/CN([C@H](C(=O)C3CC3)c3ccccc3F)CCC2S)CCSC1. The van der Waals surface area contributed by atoms with E-state index in [2.05, 4.69) is 18.9 Å². The highest BCUT2D eigenvalue weighted by molar-refractivity contribution is 8.41. The Morgan fingerprint density at radius 1 is 1.21 bits per heavy atom. The van der Waals surface area contributed by atoms with Gasteiger partial charge in [0.1, 0.15) is 5.82 Å². The molecular weight excluding hydrogens is 546 g/mol. The van der Waals surface area contributed by atoms with E-state index in [1.165, 1.54) is 34.5 Å². The van der Waals surface area contributed by atoms with Gasteiger partial charge in [0.15, 0.2) is 5.78 Å². The zero-order valence-electron chi connectivity index (χ0n) is 21.9. The number of ketones is 1. The van der Waals surface area contributed by atoms with Crippen molar-refractivity contribution in [1.29, 1.82) is 0 Å². The Morgan fingerprint density at radius 2 is 2.00 bits per heavy atom. The van der Waals surface area contributed by atoms with Crippen molar-refractivity contribution in [1.82, 2.24) is 4.90 Å². The molecule has 38 heavy (non-hydrogen) atoms. The molecule has 0 spiro atoms. The number of halogens is 1. The van der Waals surface area contributed by atoms with Crippen LogP contribution < -0.4 is 0 Å². The van der Waals surface area contributed by atoms with Crippen LogP contribution in [0.15, 0.2) is 35.9 Å². The first-order chi connectivity index (χ1) is 18.3. The number of esters is 2. The van der Waals surface area contributed by atoms with Gasteiger partial charge in [0.2, 0.25) is 6.79 Å². The highest BCUT2D eigenvalue weighted by atomic mass is 32.3. The predicted molar refractivity (Wildman–Crippen MR) is 155 cm³/mol. The number of nitrogens with zero attached hydrogens (tertiary/aromatic N) is 1. The molecule has 3 atom stereocenters. The summed E-state index contributed by atoms with van der Waals surface area (Å²) in [5.41, 5.74) is 1.07. The van der Waals surface area contributed by atoms with Gasteiger partial charge in [0.05, 0.1) is 6.04 Å². The van der Waals surface area contributed by atoms with Crippen molar-refractivity contribution in [2.75, 3.05) is 48.5 Å². The predicted octanol–water partition coefficient (Wildman–Crippen LogP) is 5.13. The van der Waals surface area contributed by atoms with E-state index in [0.717, 1.165) is 25.7 Å². The maximum Gasteiger partial charge on any atom is 0.333 e. The number of rotatable bonds is 12. The van der Waals surface area contributed by atoms with Crippen LogP contribution in [0.4, 0.5) is 4.39 Å². The molecule has 210 valence electrons. The number of ether oxygens (including phenoxy) is 2. The van der Waals surface area contributed by atoms with Gasteiger partial charge in [0, 0.05) is 53.2 Å². The molecule has 0 radical (unpaired) electrons. The standard InChI is InChI=1S/C28H38FNO5S3/c1-38(15-13-37-19-38)14-5-4-8-25(31)34-18-35-26(32)16-21-17-30(12-11-24(21)36)27(28(33)20-9-10-20)22-6-2-3-7-23(22)29/h2-3,6-7,16,20,24,27,36H,4-5,8-15,17-19H2,1H3/b21-16-/t24?,27-/m0/s1. The monoisotopic (exact) mass is 583 g/mol. The average Bonchev–Trinajstić information content (AvgIpc) is 3.66. The van der Waals surface area contributed by atoms with Crippen molar-refractivity contribution < 1.29 is 28.2 Å². The van der Waals surface area contributed by atoms with E-state index >= 15 is 0 Å². The fourth-order valence-electron chi connectivity index (χ4n) is 4.95. The fourth-order valence-corrected chi connectivity index (χ4v) is 11.4. The molecule has 2 heterocycles. The Bertz CT molecular complexity index is 1040. The Hall–Kier alpha value is -1.49. The van der Waals surface area contributed by atoms with Crippen molar-refractivity contribution in [2.45, 2.75) is 49.8 Å². The van der Waals surface area contributed by atoms with Crippen molar-refractivity contribution >= 4 is 52.1 Å². The van der Waals surface area contributed by atoms with Gasteiger partial charge in [-0.05, 0) is 61.5 Å². The maximum absolute atomic E-state index is 14.7. The van der Waals surface area contributed by atoms with E-state index in [0.29, 0.717) is 37.1 Å². The normalized spacial score (nSPS) is 27.4. The molecule has 1 aromatic carbocycles. The molecule has 1 aliphatic carbocycles. The molecule has 10 heteroatoms. The second kappa shape index (κ2) is 13.7. The summed E-state index contributed by atoms with van der Waals surface area (Å²) in [6, 6.07) is 5.69. The summed E-state index contributed by atoms with van der Waals surface area (Å²) in [5.74, 6) is 2.37. The summed E-state index contributed by atoms with van der Waals surface area (Å²) >= 11 is 6.65. The van der Waals surface area contributed by atoms with Crippen LogP contribution in [0, 0.1) is 11.7 Å². The molecule has 4 rings (SSSR count). The number of thioether (sulfide) groups is 1. The van der Waals surface area contributed by atoms with Gasteiger partial charge in [-0.1, -0.05) is 18.2 Å². The van der Waals surface area contributed by atoms with Gasteiger partial charge >= 0.3 is 11.9 Å². The lowest BCUT2D eigenvalue weighted by Crippen LogP contribution is -2.42. The number of Topliss-reactive ketones (excluding diaryl/α,β-unsaturated/α-hetero) is 1. The van der Waals surface area contributed by atoms with Crippen molar-refractivity contribution in [3.05, 3.63) is 47.3 Å². The summed E-state index contributed by atoms with van der Waals surface area (Å²) < 4.78 is 24.9. The lowest BCUT2D eigenvalue weighted by Gasteiger charge is -2.37. The molecule has 0 bridgehead atoms. The number of piperidine rings is 1. The number of carbonyl (C=O) groups is 3. The highest BCUT2D eigenvalue weighted by Crippen LogP contribution is 2.53. The lowest BCUT2D eigenvalue weighted by molar-refractivity contribution is -0.164. The first kappa shape index (κ1) is 29.5. The molecule has 2 unspecified atom stereocenters. The maximum atomic E-state index is 14.7. The van der Waals surface area contributed by atoms with Crippen molar-refractivity contribution in [3.8, 4) is 0 Å². The van der Waals surface area contributed by atoms with Crippen molar-refractivity contribution in [3.63, 3.8) is 0 Å². The number of unbranched alkanes of at least 4 members (excludes halogenated alkanes) is 1. The second-order valence-electron chi connectivity index (χ2n) is 10.6. The van der Waals surface area contributed by atoms with E-state index in [4.69, 9.17) is 9.47 Å². The minimum Gasteiger partial charge on any atom is -0.428 e. The van der Waals surface area contributed by atoms with Crippen LogP contribution in [0.25, 0.3) is 0 Å². The highest BCUT2D eigenvalue weighted by Gasteiger charge is 2.41. The van der Waals surface area contributed by atoms with E-state index in [-0.39, 0.29) is 22.9 Å². The molecular formula is C28H38FNO5S3. The summed E-state index contributed by atoms with van der Waals surface area (Å²) in [5, 5.41) is 1.09. The van der Waals surface area contributed by atoms with E-state index in [1.807, 2.05) is 16.7 Å². The number of benzene rings is 1. The molecule has 2 aliphatic heterocycles. The summed E-state index contributed by atoms with van der Waals surface area (Å²) in [4.78, 5) is 39.6. The third kappa shape index (κ3) is 8.26. The minimum absolute atomic E-state index is 0.0270. The first-order valence-electron chi connectivity index (χ1n) is 13.3. The molecule has 1 aromatic rings. The van der Waals surface area contributed by atoms with E-state index in [1.54, 1.807) is 18.2 Å². The fraction of sp³-hybridized carbons (Fsp3) is 0.607. The van der Waals surface area contributed by atoms with Crippen molar-refractivity contribution in [2.24, 2.45) is 5.92 Å². The molecule has 6 nitrogen and oxygen atoms in total. The topological polar surface area (TPSA) is 72.9 Å². The Labute approximate surface area is 236 Å². The van der Waals surface area contributed by atoms with Gasteiger partial charge < -0.3 is 9.47 Å². The van der Waals surface area contributed by atoms with Crippen LogP contribution in [-0.4, -0.2) is 76.4 Å². The number of thiol groups is 1. The third-order valence-corrected chi connectivity index (χ3v) is 14.1. The van der Waals surface area contributed by atoms with Crippen LogP contribution in [0.2, 0.25) is 0 Å². The zero-order valence-corrected chi connectivity index (χ0v) is 24.5. The van der Waals surface area contributed by atoms with Crippen LogP contribution in [0.1, 0.15) is 50.1 Å². The molecule has 0 N–H and O–H groups in total. The number of carbonyl (C=O) groups excluding carboxylic acids is 3. The van der Waals surface area contributed by atoms with Crippen LogP contribution in [0.5, 0.6) is 0 Å². The van der Waals surface area contributed by atoms with Gasteiger partial charge in [-0.25, -0.2) is 19.2 Å². The molecule has 1 saturated carbocycles. The Kier molecular flexibility index (Phi) is 10.7. The lowest BCUT2D eigenvalue weighted by atomic mass is 9.93. The minimum atomic E-state index is -0.693. The summed E-state index contributed by atoms with van der Waals surface area (Å²) in [6.45, 7) is 0.440. The Balaban J connectivity index is 1.26. The average molecular weight is 584 g/mol. The zero-order chi connectivity index (χ0) is 27.1. The van der Waals surface area contributed by atoms with Crippen LogP contribution >= 0.6 is 34.4 Å². The third-order valence-electron chi connectivity index (χ3n) is 7.40. The first-order valence-corrected chi connectivity index (χ1v) is 17.5. The number of hydrogen-bond donors (Lipinski definition) is 1. The van der Waals surface area contributed by atoms with Gasteiger partial charge in [-0.3, -0.25) is 14.5 Å². The van der Waals surface area contributed by atoms with E-state index < -0.39 is 34.6 Å². The molecule has 0 amide bonds. The summed E-state index contributed by atoms with van der Waals surface area (Å²) in [7, 11) is -0.494. The number of hydrogen-bond acceptors (Lipinski definition) is 8. The van der Waals surface area contributed by atoms with Crippen LogP contribution in [0.3, 0.4) is 0 Å². The van der Waals surface area contributed by atoms with Gasteiger partial charge in [-0.2, -0.15) is 24.4 Å². The Morgan fingerprint density at radius 3 is 2.71 bits per heavy atom. The molecule has 3 fully saturated rings. The second-order valence-corrected chi connectivity index (χ2v) is 16.7. The van der Waals surface area contributed by atoms with Gasteiger partial charge in [0.25, 0.3) is 0 Å². The van der Waals surface area contributed by atoms with Crippen LogP contribution in [-0.2, 0) is 23.9 Å². The quantitative estimate of drug-likeness (QED) is 0.120. The molecule has 3 aliphatic rings. The summed E-state index contributed by atoms with van der Waals surface area (Å²) in [6.07, 6.45) is 8.15. The smallest absolute Gasteiger partial charge is 0.333 e. The molecule has 2 saturated heterocycles. The molecule has 0 aromatic heterocycles. The largest absolute Gasteiger partial charge is 0.428 e. The van der Waals surface area contributed by atoms with Gasteiger partial charge in [-0.15, -0.1) is 0 Å².